The first-order valence-corrected chi connectivity index (χ1v) is 7.04. The Morgan fingerprint density at radius 1 is 1.47 bits per heavy atom. The third-order valence-corrected chi connectivity index (χ3v) is 3.91. The second-order valence-electron chi connectivity index (χ2n) is 5.19. The van der Waals surface area contributed by atoms with Crippen molar-refractivity contribution in [2.45, 2.75) is 25.8 Å². The molecule has 1 unspecified atom stereocenters. The maximum Gasteiger partial charge on any atom is 0.156 e. The molecule has 0 aliphatic carbocycles. The normalized spacial score (nSPS) is 19.2. The number of aryl methyl sites for hydroxylation is 1. The number of nitrogens with one attached hydrogen (secondary N) is 1. The van der Waals surface area contributed by atoms with Gasteiger partial charge in [-0.05, 0) is 32.4 Å². The minimum Gasteiger partial charge on any atom is -0.353 e. The Balaban J connectivity index is 1.91. The van der Waals surface area contributed by atoms with E-state index in [0.29, 0.717) is 6.04 Å². The summed E-state index contributed by atoms with van der Waals surface area (Å²) in [5.74, 6) is 1.01. The monoisotopic (exact) mass is 259 g/mol. The molecule has 3 rings (SSSR count). The molecule has 0 saturated carbocycles. The Morgan fingerprint density at radius 2 is 2.37 bits per heavy atom. The van der Waals surface area contributed by atoms with E-state index in [1.807, 2.05) is 30.2 Å². The summed E-state index contributed by atoms with van der Waals surface area (Å²) in [5.41, 5.74) is 2.15. The van der Waals surface area contributed by atoms with Crippen molar-refractivity contribution in [2.24, 2.45) is 7.05 Å². The number of hydrogen-bond acceptors (Lipinski definition) is 4. The van der Waals surface area contributed by atoms with Gasteiger partial charge in [-0.25, -0.2) is 9.97 Å². The molecule has 1 N–H and O–H groups in total. The van der Waals surface area contributed by atoms with E-state index in [-0.39, 0.29) is 0 Å². The fourth-order valence-electron chi connectivity index (χ4n) is 2.82. The summed E-state index contributed by atoms with van der Waals surface area (Å²) < 4.78 is 2.04. The maximum absolute atomic E-state index is 4.56. The van der Waals surface area contributed by atoms with Gasteiger partial charge in [0.2, 0.25) is 0 Å². The van der Waals surface area contributed by atoms with E-state index in [0.717, 1.165) is 36.5 Å². The van der Waals surface area contributed by atoms with Gasteiger partial charge in [0, 0.05) is 32.4 Å². The summed E-state index contributed by atoms with van der Waals surface area (Å²) in [6.07, 6.45) is 6.28. The molecule has 0 radical (unpaired) electrons. The molecule has 0 spiro atoms. The van der Waals surface area contributed by atoms with Crippen LogP contribution in [0.5, 0.6) is 0 Å². The zero-order valence-corrected chi connectivity index (χ0v) is 11.6. The van der Waals surface area contributed by atoms with Gasteiger partial charge in [0.15, 0.2) is 5.82 Å². The standard InChI is InChI=1S/C14H21N5/c1-3-19(9-11-5-4-7-15-11)14-13-12(6-8-16-14)18(2)10-17-13/h6,8,10-11,15H,3-5,7,9H2,1-2H3. The van der Waals surface area contributed by atoms with E-state index in [1.54, 1.807) is 0 Å². The SMILES string of the molecule is CCN(CC1CCCN1)c1nccc2c1ncn2C. The topological polar surface area (TPSA) is 46.0 Å². The van der Waals surface area contributed by atoms with Crippen LogP contribution in [0, 0.1) is 0 Å². The number of aromatic nitrogens is 3. The van der Waals surface area contributed by atoms with Gasteiger partial charge in [-0.2, -0.15) is 0 Å². The number of rotatable bonds is 4. The number of pyridine rings is 1. The van der Waals surface area contributed by atoms with E-state index in [2.05, 4.69) is 27.1 Å². The van der Waals surface area contributed by atoms with Gasteiger partial charge in [-0.3, -0.25) is 0 Å². The van der Waals surface area contributed by atoms with Gasteiger partial charge in [-0.15, -0.1) is 0 Å². The van der Waals surface area contributed by atoms with Crippen LogP contribution in [0.25, 0.3) is 11.0 Å². The largest absolute Gasteiger partial charge is 0.353 e. The van der Waals surface area contributed by atoms with Crippen LogP contribution in [0.1, 0.15) is 19.8 Å². The fourth-order valence-corrected chi connectivity index (χ4v) is 2.82. The second-order valence-corrected chi connectivity index (χ2v) is 5.19. The summed E-state index contributed by atoms with van der Waals surface area (Å²) in [4.78, 5) is 11.4. The Labute approximate surface area is 113 Å². The number of likely N-dealkylation sites (N-methyl/N-ethyl adjacent to an activating group) is 1. The van der Waals surface area contributed by atoms with Crippen molar-refractivity contribution in [1.82, 2.24) is 19.9 Å². The van der Waals surface area contributed by atoms with Crippen LogP contribution in [-0.4, -0.2) is 40.2 Å². The van der Waals surface area contributed by atoms with Crippen LogP contribution < -0.4 is 10.2 Å². The molecule has 0 amide bonds. The van der Waals surface area contributed by atoms with Crippen molar-refractivity contribution >= 4 is 16.9 Å². The first-order valence-electron chi connectivity index (χ1n) is 7.04. The molecule has 2 aromatic heterocycles. The molecule has 1 aliphatic heterocycles. The van der Waals surface area contributed by atoms with Gasteiger partial charge in [0.25, 0.3) is 0 Å². The summed E-state index contributed by atoms with van der Waals surface area (Å²) in [7, 11) is 2.02. The number of fused-ring (bicyclic) bond motifs is 1. The third kappa shape index (κ3) is 2.30. The lowest BCUT2D eigenvalue weighted by atomic mass is 10.2. The number of hydrogen-bond donors (Lipinski definition) is 1. The number of nitrogens with zero attached hydrogens (tertiary/aromatic N) is 4. The lowest BCUT2D eigenvalue weighted by Gasteiger charge is -2.25. The summed E-state index contributed by atoms with van der Waals surface area (Å²) >= 11 is 0. The first-order chi connectivity index (χ1) is 9.29. The molecule has 19 heavy (non-hydrogen) atoms. The predicted molar refractivity (Wildman–Crippen MR) is 77.4 cm³/mol. The van der Waals surface area contributed by atoms with E-state index in [9.17, 15) is 0 Å². The highest BCUT2D eigenvalue weighted by Gasteiger charge is 2.20. The van der Waals surface area contributed by atoms with E-state index >= 15 is 0 Å². The lowest BCUT2D eigenvalue weighted by molar-refractivity contribution is 0.584. The Hall–Kier alpha value is -1.62. The molecule has 3 heterocycles. The molecule has 1 atom stereocenters. The van der Waals surface area contributed by atoms with Crippen LogP contribution in [0.3, 0.4) is 0 Å². The van der Waals surface area contributed by atoms with Crippen molar-refractivity contribution in [3.8, 4) is 0 Å². The molecule has 5 heteroatoms. The molecule has 102 valence electrons. The van der Waals surface area contributed by atoms with E-state index in [4.69, 9.17) is 0 Å². The maximum atomic E-state index is 4.56. The smallest absolute Gasteiger partial charge is 0.156 e. The average molecular weight is 259 g/mol. The Morgan fingerprint density at radius 3 is 3.11 bits per heavy atom. The zero-order valence-electron chi connectivity index (χ0n) is 11.6. The number of anilines is 1. The van der Waals surface area contributed by atoms with Gasteiger partial charge in [0.1, 0.15) is 5.52 Å². The van der Waals surface area contributed by atoms with Gasteiger partial charge in [-0.1, -0.05) is 0 Å². The Bertz CT molecular complexity index is 556. The highest BCUT2D eigenvalue weighted by Crippen LogP contribution is 2.23. The second kappa shape index (κ2) is 5.17. The first kappa shape index (κ1) is 12.4. The highest BCUT2D eigenvalue weighted by molar-refractivity contribution is 5.86. The average Bonchev–Trinajstić information content (AvgIpc) is 3.06. The van der Waals surface area contributed by atoms with Crippen molar-refractivity contribution in [1.29, 1.82) is 0 Å². The fraction of sp³-hybridized carbons (Fsp3) is 0.571. The molecule has 2 aromatic rings. The molecule has 1 aliphatic rings. The minimum atomic E-state index is 0.584. The van der Waals surface area contributed by atoms with E-state index < -0.39 is 0 Å². The van der Waals surface area contributed by atoms with Gasteiger partial charge in [0.05, 0.1) is 11.8 Å². The van der Waals surface area contributed by atoms with Crippen molar-refractivity contribution in [3.05, 3.63) is 18.6 Å². The highest BCUT2D eigenvalue weighted by atomic mass is 15.2. The predicted octanol–water partition coefficient (Wildman–Crippen LogP) is 1.55. The van der Waals surface area contributed by atoms with Crippen LogP contribution in [0.2, 0.25) is 0 Å². The van der Waals surface area contributed by atoms with Gasteiger partial charge < -0.3 is 14.8 Å². The van der Waals surface area contributed by atoms with Crippen LogP contribution in [0.15, 0.2) is 18.6 Å². The summed E-state index contributed by atoms with van der Waals surface area (Å²) in [6, 6.07) is 2.61. The Kier molecular flexibility index (Phi) is 3.38. The van der Waals surface area contributed by atoms with Crippen LogP contribution in [-0.2, 0) is 7.05 Å². The van der Waals surface area contributed by atoms with E-state index in [1.165, 1.54) is 12.8 Å². The quantitative estimate of drug-likeness (QED) is 0.905. The molecule has 5 nitrogen and oxygen atoms in total. The van der Waals surface area contributed by atoms with Crippen molar-refractivity contribution < 1.29 is 0 Å². The molecular formula is C14H21N5. The lowest BCUT2D eigenvalue weighted by Crippen LogP contribution is -2.38. The van der Waals surface area contributed by atoms with Crippen molar-refractivity contribution in [3.63, 3.8) is 0 Å². The molecule has 0 bridgehead atoms. The molecule has 0 aromatic carbocycles. The van der Waals surface area contributed by atoms with Crippen LogP contribution in [0.4, 0.5) is 5.82 Å². The molecular weight excluding hydrogens is 238 g/mol. The third-order valence-electron chi connectivity index (χ3n) is 3.91. The molecule has 1 fully saturated rings. The summed E-state index contributed by atoms with van der Waals surface area (Å²) in [6.45, 7) is 5.29. The summed E-state index contributed by atoms with van der Waals surface area (Å²) in [5, 5.41) is 3.55. The minimum absolute atomic E-state index is 0.584. The molecule has 1 saturated heterocycles. The van der Waals surface area contributed by atoms with Crippen LogP contribution >= 0.6 is 0 Å². The zero-order chi connectivity index (χ0) is 13.2. The number of imidazole rings is 1. The van der Waals surface area contributed by atoms with Gasteiger partial charge >= 0.3 is 0 Å². The van der Waals surface area contributed by atoms with Crippen molar-refractivity contribution in [2.75, 3.05) is 24.5 Å².